The predicted molar refractivity (Wildman–Crippen MR) is 99.3 cm³/mol. The van der Waals surface area contributed by atoms with Crippen LogP contribution in [-0.4, -0.2) is 5.91 Å². The summed E-state index contributed by atoms with van der Waals surface area (Å²) >= 11 is 3.19. The average molecular weight is 400 g/mol. The van der Waals surface area contributed by atoms with Crippen molar-refractivity contribution in [1.29, 1.82) is 0 Å². The van der Waals surface area contributed by atoms with Gasteiger partial charge in [-0.1, -0.05) is 30.3 Å². The third-order valence-electron chi connectivity index (χ3n) is 3.54. The third kappa shape index (κ3) is 4.67. The Balaban J connectivity index is 1.61. The Morgan fingerprint density at radius 2 is 1.72 bits per heavy atom. The number of amides is 1. The molecule has 3 nitrogen and oxygen atoms in total. The maximum Gasteiger partial charge on any atom is 0.256 e. The predicted octanol–water partition coefficient (Wildman–Crippen LogP) is 5.42. The molecule has 3 aromatic carbocycles. The fraction of sp³-hybridized carbons (Fsp3) is 0.0500. The highest BCUT2D eigenvalue weighted by molar-refractivity contribution is 9.10. The van der Waals surface area contributed by atoms with E-state index in [4.69, 9.17) is 4.74 Å². The number of benzene rings is 3. The normalized spacial score (nSPS) is 10.3. The summed E-state index contributed by atoms with van der Waals surface area (Å²) in [5.74, 6) is -0.00186. The number of anilines is 1. The van der Waals surface area contributed by atoms with Crippen molar-refractivity contribution < 1.29 is 13.9 Å². The molecule has 1 N–H and O–H groups in total. The number of hydrogen-bond acceptors (Lipinski definition) is 2. The van der Waals surface area contributed by atoms with Gasteiger partial charge in [-0.05, 0) is 64.0 Å². The van der Waals surface area contributed by atoms with Crippen LogP contribution in [0.5, 0.6) is 5.75 Å². The Morgan fingerprint density at radius 1 is 1.00 bits per heavy atom. The summed E-state index contributed by atoms with van der Waals surface area (Å²) in [4.78, 5) is 12.2. The monoisotopic (exact) mass is 399 g/mol. The first-order chi connectivity index (χ1) is 12.1. The van der Waals surface area contributed by atoms with Gasteiger partial charge in [0, 0.05) is 10.2 Å². The van der Waals surface area contributed by atoms with Gasteiger partial charge in [0.25, 0.3) is 5.91 Å². The molecule has 0 aliphatic carbocycles. The molecule has 0 aliphatic rings. The Kier molecular flexibility index (Phi) is 5.46. The molecule has 0 unspecified atom stereocenters. The Hall–Kier alpha value is -2.66. The number of carbonyl (C=O) groups excluding carboxylic acids is 1. The minimum absolute atomic E-state index is 0.315. The van der Waals surface area contributed by atoms with Crippen molar-refractivity contribution in [3.8, 4) is 5.75 Å². The number of hydrogen-bond donors (Lipinski definition) is 1. The topological polar surface area (TPSA) is 38.3 Å². The van der Waals surface area contributed by atoms with Crippen LogP contribution in [0.2, 0.25) is 0 Å². The Bertz CT molecular complexity index is 867. The van der Waals surface area contributed by atoms with Gasteiger partial charge in [0.15, 0.2) is 0 Å². The molecule has 126 valence electrons. The van der Waals surface area contributed by atoms with Gasteiger partial charge in [-0.25, -0.2) is 4.39 Å². The SMILES string of the molecule is O=C(Nc1ccc(OCc2ccccc2)cc1)c1ccc(F)cc1Br. The van der Waals surface area contributed by atoms with E-state index in [0.29, 0.717) is 28.1 Å². The molecule has 5 heteroatoms. The molecule has 0 radical (unpaired) electrons. The van der Waals surface area contributed by atoms with E-state index in [1.165, 1.54) is 18.2 Å². The molecule has 0 aliphatic heterocycles. The van der Waals surface area contributed by atoms with Gasteiger partial charge in [-0.15, -0.1) is 0 Å². The molecule has 1 amide bonds. The number of carbonyl (C=O) groups is 1. The van der Waals surface area contributed by atoms with Gasteiger partial charge < -0.3 is 10.1 Å². The second-order valence-corrected chi connectivity index (χ2v) is 6.23. The number of nitrogens with one attached hydrogen (secondary N) is 1. The van der Waals surface area contributed by atoms with Crippen molar-refractivity contribution >= 4 is 27.5 Å². The van der Waals surface area contributed by atoms with Crippen LogP contribution in [0, 0.1) is 5.82 Å². The molecule has 3 rings (SSSR count). The van der Waals surface area contributed by atoms with Gasteiger partial charge in [0.2, 0.25) is 0 Å². The molecule has 0 spiro atoms. The van der Waals surface area contributed by atoms with Gasteiger partial charge in [0.1, 0.15) is 18.2 Å². The Labute approximate surface area is 153 Å². The lowest BCUT2D eigenvalue weighted by atomic mass is 10.2. The second kappa shape index (κ2) is 7.94. The molecular formula is C20H15BrFNO2. The molecular weight excluding hydrogens is 385 g/mol. The summed E-state index contributed by atoms with van der Waals surface area (Å²) in [6.45, 7) is 0.481. The lowest BCUT2D eigenvalue weighted by Crippen LogP contribution is -2.12. The summed E-state index contributed by atoms with van der Waals surface area (Å²) < 4.78 is 19.2. The van der Waals surface area contributed by atoms with Crippen LogP contribution in [0.25, 0.3) is 0 Å². The van der Waals surface area contributed by atoms with Gasteiger partial charge in [-0.2, -0.15) is 0 Å². The average Bonchev–Trinajstić information content (AvgIpc) is 2.62. The van der Waals surface area contributed by atoms with Gasteiger partial charge in [-0.3, -0.25) is 4.79 Å². The van der Waals surface area contributed by atoms with E-state index in [2.05, 4.69) is 21.2 Å². The fourth-order valence-corrected chi connectivity index (χ4v) is 2.78. The molecule has 0 heterocycles. The van der Waals surface area contributed by atoms with Crippen LogP contribution in [0.1, 0.15) is 15.9 Å². The van der Waals surface area contributed by atoms with Crippen LogP contribution in [-0.2, 0) is 6.61 Å². The van der Waals surface area contributed by atoms with Crippen LogP contribution in [0.15, 0.2) is 77.3 Å². The molecule has 25 heavy (non-hydrogen) atoms. The van der Waals surface area contributed by atoms with Crippen LogP contribution in [0.3, 0.4) is 0 Å². The molecule has 0 atom stereocenters. The lowest BCUT2D eigenvalue weighted by molar-refractivity contribution is 0.102. The van der Waals surface area contributed by atoms with Crippen molar-refractivity contribution in [2.24, 2.45) is 0 Å². The molecule has 0 fully saturated rings. The number of ether oxygens (including phenoxy) is 1. The minimum atomic E-state index is -0.400. The van der Waals surface area contributed by atoms with E-state index in [-0.39, 0.29) is 5.91 Å². The number of rotatable bonds is 5. The highest BCUT2D eigenvalue weighted by atomic mass is 79.9. The molecule has 0 aromatic heterocycles. The van der Waals surface area contributed by atoms with Crippen molar-refractivity contribution in [2.45, 2.75) is 6.61 Å². The van der Waals surface area contributed by atoms with Crippen molar-refractivity contribution in [1.82, 2.24) is 0 Å². The van der Waals surface area contributed by atoms with Gasteiger partial charge >= 0.3 is 0 Å². The highest BCUT2D eigenvalue weighted by Crippen LogP contribution is 2.21. The maximum atomic E-state index is 13.1. The standard InChI is InChI=1S/C20H15BrFNO2/c21-19-12-15(22)6-11-18(19)20(24)23-16-7-9-17(10-8-16)25-13-14-4-2-1-3-5-14/h1-12H,13H2,(H,23,24). The summed E-state index contributed by atoms with van der Waals surface area (Å²) in [5.41, 5.74) is 2.08. The molecule has 0 saturated heterocycles. The first kappa shape index (κ1) is 17.2. The van der Waals surface area contributed by atoms with E-state index in [0.717, 1.165) is 5.56 Å². The minimum Gasteiger partial charge on any atom is -0.489 e. The first-order valence-corrected chi connectivity index (χ1v) is 8.44. The van der Waals surface area contributed by atoms with E-state index in [1.807, 2.05) is 30.3 Å². The van der Waals surface area contributed by atoms with E-state index in [9.17, 15) is 9.18 Å². The van der Waals surface area contributed by atoms with Crippen molar-refractivity contribution in [3.63, 3.8) is 0 Å². The van der Waals surface area contributed by atoms with E-state index < -0.39 is 5.82 Å². The largest absolute Gasteiger partial charge is 0.489 e. The summed E-state index contributed by atoms with van der Waals surface area (Å²) in [6, 6.07) is 20.9. The van der Waals surface area contributed by atoms with Crippen molar-refractivity contribution in [3.05, 3.63) is 94.2 Å². The lowest BCUT2D eigenvalue weighted by Gasteiger charge is -2.09. The quantitative estimate of drug-likeness (QED) is 0.621. The van der Waals surface area contributed by atoms with Crippen LogP contribution >= 0.6 is 15.9 Å². The summed E-state index contributed by atoms with van der Waals surface area (Å²) in [5, 5.41) is 2.77. The second-order valence-electron chi connectivity index (χ2n) is 5.38. The zero-order chi connectivity index (χ0) is 17.6. The molecule has 0 saturated carbocycles. The summed E-state index contributed by atoms with van der Waals surface area (Å²) in [7, 11) is 0. The van der Waals surface area contributed by atoms with Crippen molar-refractivity contribution in [2.75, 3.05) is 5.32 Å². The molecule has 0 bridgehead atoms. The van der Waals surface area contributed by atoms with Gasteiger partial charge in [0.05, 0.1) is 5.56 Å². The smallest absolute Gasteiger partial charge is 0.256 e. The van der Waals surface area contributed by atoms with Crippen LogP contribution < -0.4 is 10.1 Å². The fourth-order valence-electron chi connectivity index (χ4n) is 2.25. The number of halogens is 2. The zero-order valence-electron chi connectivity index (χ0n) is 13.2. The van der Waals surface area contributed by atoms with Crippen LogP contribution in [0.4, 0.5) is 10.1 Å². The maximum absolute atomic E-state index is 13.1. The first-order valence-electron chi connectivity index (χ1n) is 7.65. The van der Waals surface area contributed by atoms with E-state index in [1.54, 1.807) is 24.3 Å². The summed E-state index contributed by atoms with van der Waals surface area (Å²) in [6.07, 6.45) is 0. The third-order valence-corrected chi connectivity index (χ3v) is 4.19. The molecule has 3 aromatic rings. The highest BCUT2D eigenvalue weighted by Gasteiger charge is 2.11. The Morgan fingerprint density at radius 3 is 2.40 bits per heavy atom. The zero-order valence-corrected chi connectivity index (χ0v) is 14.8. The van der Waals surface area contributed by atoms with E-state index >= 15 is 0 Å².